The van der Waals surface area contributed by atoms with E-state index in [1.165, 1.54) is 12.4 Å². The monoisotopic (exact) mass is 547 g/mol. The standard InChI is InChI=1S/C25H17Cl4N3O3/c1-12(23(25(34)35)32-24(33)22-17(28)10-30-11-18(22)29)13-5-7-19-14(9-13)6-8-20(31-19)21-15(26)3-2-4-16(21)27/h2-12,23H,1H3,(H,32,33)(H,34,35)/t12?,23-/m0/s1. The van der Waals surface area contributed by atoms with Crippen LogP contribution in [0.2, 0.25) is 20.1 Å². The summed E-state index contributed by atoms with van der Waals surface area (Å²) in [6.45, 7) is 1.71. The zero-order valence-electron chi connectivity index (χ0n) is 18.1. The lowest BCUT2D eigenvalue weighted by Gasteiger charge is -2.22. The molecule has 0 aliphatic carbocycles. The van der Waals surface area contributed by atoms with Crippen LogP contribution in [0.5, 0.6) is 0 Å². The van der Waals surface area contributed by atoms with Gasteiger partial charge in [-0.05, 0) is 35.9 Å². The maximum atomic E-state index is 12.8. The number of pyridine rings is 2. The van der Waals surface area contributed by atoms with Crippen LogP contribution in [0.1, 0.15) is 28.8 Å². The molecule has 0 saturated heterocycles. The summed E-state index contributed by atoms with van der Waals surface area (Å²) in [5.74, 6) is -2.49. The summed E-state index contributed by atoms with van der Waals surface area (Å²) in [5.41, 5.74) is 2.60. The van der Waals surface area contributed by atoms with Gasteiger partial charge in [-0.15, -0.1) is 0 Å². The fraction of sp³-hybridized carbons (Fsp3) is 0.120. The largest absolute Gasteiger partial charge is 0.480 e. The van der Waals surface area contributed by atoms with E-state index in [-0.39, 0.29) is 15.6 Å². The average Bonchev–Trinajstić information content (AvgIpc) is 2.81. The number of carbonyl (C=O) groups is 2. The topological polar surface area (TPSA) is 92.2 Å². The van der Waals surface area contributed by atoms with Gasteiger partial charge in [0.05, 0.1) is 36.9 Å². The predicted octanol–water partition coefficient (Wildman–Crippen LogP) is 6.90. The number of hydrogen-bond acceptors (Lipinski definition) is 4. The lowest BCUT2D eigenvalue weighted by Crippen LogP contribution is -2.44. The Labute approximate surface area is 220 Å². The van der Waals surface area contributed by atoms with Gasteiger partial charge in [-0.2, -0.15) is 0 Å². The average molecular weight is 549 g/mol. The number of nitrogens with zero attached hydrogens (tertiary/aromatic N) is 2. The first kappa shape index (κ1) is 25.2. The van der Waals surface area contributed by atoms with E-state index in [2.05, 4.69) is 15.3 Å². The summed E-state index contributed by atoms with van der Waals surface area (Å²) >= 11 is 24.7. The first-order valence-corrected chi connectivity index (χ1v) is 11.9. The minimum Gasteiger partial charge on any atom is -0.480 e. The molecule has 178 valence electrons. The molecule has 2 heterocycles. The van der Waals surface area contributed by atoms with Gasteiger partial charge >= 0.3 is 5.97 Å². The van der Waals surface area contributed by atoms with Gasteiger partial charge < -0.3 is 10.4 Å². The number of carboxylic acid groups (broad SMARTS) is 1. The molecule has 1 unspecified atom stereocenters. The summed E-state index contributed by atoms with van der Waals surface area (Å²) < 4.78 is 0. The number of aromatic nitrogens is 2. The second-order valence-corrected chi connectivity index (χ2v) is 9.43. The molecule has 0 saturated carbocycles. The van der Waals surface area contributed by atoms with Crippen molar-refractivity contribution in [3.05, 3.63) is 92.1 Å². The maximum Gasteiger partial charge on any atom is 0.326 e. The third kappa shape index (κ3) is 5.21. The smallest absolute Gasteiger partial charge is 0.326 e. The van der Waals surface area contributed by atoms with Crippen molar-refractivity contribution < 1.29 is 14.7 Å². The second-order valence-electron chi connectivity index (χ2n) is 7.80. The van der Waals surface area contributed by atoms with E-state index in [9.17, 15) is 14.7 Å². The first-order valence-electron chi connectivity index (χ1n) is 10.3. The Morgan fingerprint density at radius 1 is 0.914 bits per heavy atom. The Morgan fingerprint density at radius 2 is 1.57 bits per heavy atom. The number of rotatable bonds is 6. The van der Waals surface area contributed by atoms with Crippen molar-refractivity contribution in [2.24, 2.45) is 0 Å². The van der Waals surface area contributed by atoms with Gasteiger partial charge in [-0.1, -0.05) is 71.5 Å². The molecule has 0 fully saturated rings. The molecular weight excluding hydrogens is 532 g/mol. The van der Waals surface area contributed by atoms with E-state index >= 15 is 0 Å². The molecule has 0 aliphatic heterocycles. The van der Waals surface area contributed by atoms with Crippen molar-refractivity contribution in [2.75, 3.05) is 0 Å². The molecule has 2 N–H and O–H groups in total. The Kier molecular flexibility index (Phi) is 7.47. The number of amides is 1. The molecule has 10 heteroatoms. The molecule has 2 aromatic carbocycles. The van der Waals surface area contributed by atoms with Crippen molar-refractivity contribution in [1.82, 2.24) is 15.3 Å². The lowest BCUT2D eigenvalue weighted by atomic mass is 9.91. The molecular formula is C25H17Cl4N3O3. The molecule has 2 atom stereocenters. The van der Waals surface area contributed by atoms with Crippen molar-refractivity contribution in [3.63, 3.8) is 0 Å². The molecule has 4 aromatic rings. The van der Waals surface area contributed by atoms with Gasteiger partial charge in [0, 0.05) is 29.3 Å². The number of carbonyl (C=O) groups excluding carboxylic acids is 1. The highest BCUT2D eigenvalue weighted by Gasteiger charge is 2.29. The molecule has 0 bridgehead atoms. The Balaban J connectivity index is 1.64. The van der Waals surface area contributed by atoms with Gasteiger partial charge in [-0.3, -0.25) is 9.78 Å². The van der Waals surface area contributed by atoms with Gasteiger partial charge in [-0.25, -0.2) is 9.78 Å². The highest BCUT2D eigenvalue weighted by Crippen LogP contribution is 2.35. The molecule has 6 nitrogen and oxygen atoms in total. The van der Waals surface area contributed by atoms with E-state index in [4.69, 9.17) is 46.4 Å². The molecule has 35 heavy (non-hydrogen) atoms. The maximum absolute atomic E-state index is 12.8. The SMILES string of the molecule is CC(c1ccc2nc(-c3c(Cl)cccc3Cl)ccc2c1)[C@H](NC(=O)c1c(Cl)cncc1Cl)C(=O)O. The summed E-state index contributed by atoms with van der Waals surface area (Å²) in [6, 6.07) is 13.1. The highest BCUT2D eigenvalue weighted by atomic mass is 35.5. The fourth-order valence-corrected chi connectivity index (χ4v) is 4.87. The summed E-state index contributed by atoms with van der Waals surface area (Å²) in [4.78, 5) is 33.3. The fourth-order valence-electron chi connectivity index (χ4n) is 3.74. The first-order chi connectivity index (χ1) is 16.7. The number of fused-ring (bicyclic) bond motifs is 1. The van der Waals surface area contributed by atoms with Crippen molar-refractivity contribution in [2.45, 2.75) is 18.9 Å². The van der Waals surface area contributed by atoms with Crippen LogP contribution < -0.4 is 5.32 Å². The normalized spacial score (nSPS) is 12.8. The van der Waals surface area contributed by atoms with E-state index in [1.54, 1.807) is 43.3 Å². The molecule has 0 radical (unpaired) electrons. The van der Waals surface area contributed by atoms with Gasteiger partial charge in [0.1, 0.15) is 6.04 Å². The van der Waals surface area contributed by atoms with E-state index < -0.39 is 23.8 Å². The Morgan fingerprint density at radius 3 is 2.20 bits per heavy atom. The number of benzene rings is 2. The quantitative estimate of drug-likeness (QED) is 0.273. The molecule has 0 aliphatic rings. The predicted molar refractivity (Wildman–Crippen MR) is 139 cm³/mol. The Bertz CT molecular complexity index is 1420. The number of aliphatic carboxylic acids is 1. The van der Waals surface area contributed by atoms with Crippen LogP contribution in [0, 0.1) is 0 Å². The van der Waals surface area contributed by atoms with Crippen LogP contribution in [-0.4, -0.2) is 33.0 Å². The number of halogens is 4. The van der Waals surface area contributed by atoms with Crippen LogP contribution in [0.4, 0.5) is 0 Å². The molecule has 2 aromatic heterocycles. The van der Waals surface area contributed by atoms with Crippen molar-refractivity contribution in [1.29, 1.82) is 0 Å². The van der Waals surface area contributed by atoms with Crippen molar-refractivity contribution >= 4 is 69.2 Å². The Hall–Kier alpha value is -2.90. The number of nitrogens with one attached hydrogen (secondary N) is 1. The third-order valence-corrected chi connectivity index (χ3v) is 6.79. The van der Waals surface area contributed by atoms with Gasteiger partial charge in [0.25, 0.3) is 5.91 Å². The number of carboxylic acids is 1. The molecule has 0 spiro atoms. The van der Waals surface area contributed by atoms with Crippen LogP contribution in [0.3, 0.4) is 0 Å². The van der Waals surface area contributed by atoms with E-state index in [1.807, 2.05) is 12.1 Å². The van der Waals surface area contributed by atoms with Crippen LogP contribution in [0.15, 0.2) is 60.9 Å². The lowest BCUT2D eigenvalue weighted by molar-refractivity contribution is -0.139. The van der Waals surface area contributed by atoms with Crippen LogP contribution >= 0.6 is 46.4 Å². The van der Waals surface area contributed by atoms with Crippen LogP contribution in [-0.2, 0) is 4.79 Å². The summed E-state index contributed by atoms with van der Waals surface area (Å²) in [7, 11) is 0. The zero-order valence-corrected chi connectivity index (χ0v) is 21.1. The van der Waals surface area contributed by atoms with Crippen molar-refractivity contribution in [3.8, 4) is 11.3 Å². The number of hydrogen-bond donors (Lipinski definition) is 2. The zero-order chi connectivity index (χ0) is 25.3. The van der Waals surface area contributed by atoms with Gasteiger partial charge in [0.2, 0.25) is 0 Å². The van der Waals surface area contributed by atoms with Gasteiger partial charge in [0.15, 0.2) is 0 Å². The molecule has 1 amide bonds. The van der Waals surface area contributed by atoms with E-state index in [0.717, 1.165) is 5.39 Å². The van der Waals surface area contributed by atoms with E-state index in [0.29, 0.717) is 32.4 Å². The van der Waals surface area contributed by atoms with Crippen LogP contribution in [0.25, 0.3) is 22.2 Å². The summed E-state index contributed by atoms with van der Waals surface area (Å²) in [6.07, 6.45) is 2.53. The molecule has 4 rings (SSSR count). The highest BCUT2D eigenvalue weighted by molar-refractivity contribution is 6.40. The second kappa shape index (κ2) is 10.4. The third-order valence-electron chi connectivity index (χ3n) is 5.59. The minimum atomic E-state index is -1.24. The minimum absolute atomic E-state index is 0.0259. The summed E-state index contributed by atoms with van der Waals surface area (Å²) in [5, 5.41) is 14.2.